The standard InChI is InChI=1S/C11H8FN5/c12-8-6-15-11(14)17-10(8)16-9-4-2-1-3-7(9)5-13/h1-4,6H,(H3,14,15,16,17). The molecule has 0 radical (unpaired) electrons. The van der Waals surface area contributed by atoms with E-state index in [9.17, 15) is 4.39 Å². The van der Waals surface area contributed by atoms with Crippen molar-refractivity contribution in [3.05, 3.63) is 41.8 Å². The second kappa shape index (κ2) is 4.45. The van der Waals surface area contributed by atoms with Crippen LogP contribution in [0.2, 0.25) is 0 Å². The number of nitriles is 1. The largest absolute Gasteiger partial charge is 0.368 e. The summed E-state index contributed by atoms with van der Waals surface area (Å²) in [5, 5.41) is 11.6. The van der Waals surface area contributed by atoms with Gasteiger partial charge in [0.25, 0.3) is 0 Å². The maximum atomic E-state index is 13.4. The Balaban J connectivity index is 2.38. The minimum atomic E-state index is -0.632. The normalized spacial score (nSPS) is 9.65. The Hall–Kier alpha value is -2.68. The molecule has 0 saturated heterocycles. The molecule has 6 heteroatoms. The molecule has 2 rings (SSSR count). The van der Waals surface area contributed by atoms with Gasteiger partial charge in [-0.3, -0.25) is 0 Å². The third-order valence-electron chi connectivity index (χ3n) is 2.06. The van der Waals surface area contributed by atoms with E-state index in [2.05, 4.69) is 15.3 Å². The van der Waals surface area contributed by atoms with Crippen LogP contribution in [0.3, 0.4) is 0 Å². The first-order valence-corrected chi connectivity index (χ1v) is 4.75. The van der Waals surface area contributed by atoms with E-state index >= 15 is 0 Å². The van der Waals surface area contributed by atoms with Gasteiger partial charge in [0.2, 0.25) is 5.95 Å². The van der Waals surface area contributed by atoms with E-state index in [1.165, 1.54) is 0 Å². The molecule has 0 aliphatic heterocycles. The van der Waals surface area contributed by atoms with Crippen LogP contribution >= 0.6 is 0 Å². The fourth-order valence-electron chi connectivity index (χ4n) is 1.29. The van der Waals surface area contributed by atoms with Crippen molar-refractivity contribution in [1.82, 2.24) is 9.97 Å². The van der Waals surface area contributed by atoms with Gasteiger partial charge in [-0.1, -0.05) is 12.1 Å². The van der Waals surface area contributed by atoms with Gasteiger partial charge in [-0.05, 0) is 12.1 Å². The number of nitrogens with two attached hydrogens (primary N) is 1. The zero-order chi connectivity index (χ0) is 12.3. The molecular formula is C11H8FN5. The van der Waals surface area contributed by atoms with Crippen LogP contribution in [-0.4, -0.2) is 9.97 Å². The highest BCUT2D eigenvalue weighted by Gasteiger charge is 2.07. The van der Waals surface area contributed by atoms with Crippen LogP contribution in [0.1, 0.15) is 5.56 Å². The van der Waals surface area contributed by atoms with E-state index in [0.717, 1.165) is 6.20 Å². The van der Waals surface area contributed by atoms with Crippen LogP contribution in [0.5, 0.6) is 0 Å². The number of hydrogen-bond donors (Lipinski definition) is 2. The first-order valence-electron chi connectivity index (χ1n) is 4.75. The number of para-hydroxylation sites is 1. The summed E-state index contributed by atoms with van der Waals surface area (Å²) in [5.74, 6) is -0.726. The summed E-state index contributed by atoms with van der Waals surface area (Å²) in [6.07, 6.45) is 0.972. The first kappa shape index (κ1) is 10.8. The summed E-state index contributed by atoms with van der Waals surface area (Å²) in [6.45, 7) is 0. The molecule has 0 fully saturated rings. The van der Waals surface area contributed by atoms with Crippen LogP contribution in [0.4, 0.5) is 21.8 Å². The molecule has 0 unspecified atom stereocenters. The first-order chi connectivity index (χ1) is 8.20. The van der Waals surface area contributed by atoms with Crippen molar-refractivity contribution in [2.75, 3.05) is 11.1 Å². The molecular weight excluding hydrogens is 221 g/mol. The molecule has 1 aromatic carbocycles. The van der Waals surface area contributed by atoms with E-state index in [4.69, 9.17) is 11.0 Å². The lowest BCUT2D eigenvalue weighted by molar-refractivity contribution is 0.620. The van der Waals surface area contributed by atoms with Crippen molar-refractivity contribution >= 4 is 17.5 Å². The zero-order valence-electron chi connectivity index (χ0n) is 8.68. The van der Waals surface area contributed by atoms with E-state index in [0.29, 0.717) is 11.3 Å². The van der Waals surface area contributed by atoms with Crippen molar-refractivity contribution in [2.24, 2.45) is 0 Å². The summed E-state index contributed by atoms with van der Waals surface area (Å²) in [6, 6.07) is 8.70. The van der Waals surface area contributed by atoms with Gasteiger partial charge in [0.1, 0.15) is 6.07 Å². The van der Waals surface area contributed by atoms with Crippen molar-refractivity contribution in [2.45, 2.75) is 0 Å². The molecule has 0 saturated carbocycles. The summed E-state index contributed by atoms with van der Waals surface area (Å²) < 4.78 is 13.4. The second-order valence-electron chi connectivity index (χ2n) is 3.21. The van der Waals surface area contributed by atoms with Gasteiger partial charge in [-0.15, -0.1) is 0 Å². The third-order valence-corrected chi connectivity index (χ3v) is 2.06. The molecule has 84 valence electrons. The van der Waals surface area contributed by atoms with Crippen molar-refractivity contribution in [3.63, 3.8) is 0 Å². The fourth-order valence-corrected chi connectivity index (χ4v) is 1.29. The quantitative estimate of drug-likeness (QED) is 0.819. The number of aromatic nitrogens is 2. The molecule has 0 atom stereocenters. The molecule has 0 aliphatic rings. The van der Waals surface area contributed by atoms with Gasteiger partial charge >= 0.3 is 0 Å². The van der Waals surface area contributed by atoms with Gasteiger partial charge < -0.3 is 11.1 Å². The predicted octanol–water partition coefficient (Wildman–Crippen LogP) is 1.81. The molecule has 5 nitrogen and oxygen atoms in total. The zero-order valence-corrected chi connectivity index (χ0v) is 8.68. The summed E-state index contributed by atoms with van der Waals surface area (Å²) >= 11 is 0. The minimum absolute atomic E-state index is 0.0386. The van der Waals surface area contributed by atoms with E-state index in [1.807, 2.05) is 6.07 Å². The van der Waals surface area contributed by atoms with Crippen molar-refractivity contribution < 1.29 is 4.39 Å². The average molecular weight is 229 g/mol. The highest BCUT2D eigenvalue weighted by Crippen LogP contribution is 2.20. The molecule has 1 heterocycles. The number of benzene rings is 1. The number of anilines is 3. The van der Waals surface area contributed by atoms with Crippen molar-refractivity contribution in [3.8, 4) is 6.07 Å². The summed E-state index contributed by atoms with van der Waals surface area (Å²) in [5.41, 5.74) is 6.22. The van der Waals surface area contributed by atoms with Crippen LogP contribution in [-0.2, 0) is 0 Å². The van der Waals surface area contributed by atoms with Crippen LogP contribution in [0.15, 0.2) is 30.5 Å². The van der Waals surface area contributed by atoms with Gasteiger partial charge in [-0.25, -0.2) is 9.37 Å². The minimum Gasteiger partial charge on any atom is -0.368 e. The lowest BCUT2D eigenvalue weighted by atomic mass is 10.2. The number of hydrogen-bond acceptors (Lipinski definition) is 5. The highest BCUT2D eigenvalue weighted by molar-refractivity contribution is 5.64. The maximum Gasteiger partial charge on any atom is 0.222 e. The van der Waals surface area contributed by atoms with Crippen LogP contribution < -0.4 is 11.1 Å². The smallest absolute Gasteiger partial charge is 0.222 e. The van der Waals surface area contributed by atoms with Gasteiger partial charge in [0.15, 0.2) is 11.6 Å². The Bertz CT molecular complexity index is 591. The second-order valence-corrected chi connectivity index (χ2v) is 3.21. The molecule has 2 aromatic rings. The fraction of sp³-hybridized carbons (Fsp3) is 0. The molecule has 0 spiro atoms. The molecule has 0 aliphatic carbocycles. The highest BCUT2D eigenvalue weighted by atomic mass is 19.1. The lowest BCUT2D eigenvalue weighted by Gasteiger charge is -2.07. The lowest BCUT2D eigenvalue weighted by Crippen LogP contribution is -2.03. The number of nitrogens with zero attached hydrogens (tertiary/aromatic N) is 3. The average Bonchev–Trinajstić information content (AvgIpc) is 2.34. The molecule has 17 heavy (non-hydrogen) atoms. The Labute approximate surface area is 96.7 Å². The van der Waals surface area contributed by atoms with E-state index in [1.54, 1.807) is 24.3 Å². The van der Waals surface area contributed by atoms with Crippen LogP contribution in [0.25, 0.3) is 0 Å². The molecule has 0 bridgehead atoms. The molecule has 3 N–H and O–H groups in total. The summed E-state index contributed by atoms with van der Waals surface area (Å²) in [7, 11) is 0. The number of nitrogens with one attached hydrogen (secondary N) is 1. The predicted molar refractivity (Wildman–Crippen MR) is 60.8 cm³/mol. The summed E-state index contributed by atoms with van der Waals surface area (Å²) in [4.78, 5) is 7.22. The van der Waals surface area contributed by atoms with E-state index < -0.39 is 5.82 Å². The number of nitrogen functional groups attached to an aromatic ring is 1. The Morgan fingerprint density at radius 3 is 2.88 bits per heavy atom. The monoisotopic (exact) mass is 229 g/mol. The van der Waals surface area contributed by atoms with Gasteiger partial charge in [-0.2, -0.15) is 10.2 Å². The third kappa shape index (κ3) is 2.29. The Morgan fingerprint density at radius 2 is 2.12 bits per heavy atom. The van der Waals surface area contributed by atoms with Gasteiger partial charge in [0, 0.05) is 0 Å². The Kier molecular flexibility index (Phi) is 2.83. The van der Waals surface area contributed by atoms with Gasteiger partial charge in [0.05, 0.1) is 17.4 Å². The SMILES string of the molecule is N#Cc1ccccc1Nc1nc(N)ncc1F. The molecule has 0 amide bonds. The molecule has 1 aromatic heterocycles. The van der Waals surface area contributed by atoms with E-state index in [-0.39, 0.29) is 11.8 Å². The number of halogens is 1. The Morgan fingerprint density at radius 1 is 1.35 bits per heavy atom. The topological polar surface area (TPSA) is 87.6 Å². The maximum absolute atomic E-state index is 13.4. The van der Waals surface area contributed by atoms with Crippen molar-refractivity contribution in [1.29, 1.82) is 5.26 Å². The van der Waals surface area contributed by atoms with Crippen LogP contribution in [0, 0.1) is 17.1 Å². The number of rotatable bonds is 2.